The molecule has 7 heteroatoms. The van der Waals surface area contributed by atoms with Crippen LogP contribution in [0.1, 0.15) is 6.42 Å². The van der Waals surface area contributed by atoms with Crippen LogP contribution in [0, 0.1) is 0 Å². The molecule has 7 nitrogen and oxygen atoms in total. The molecular formula is C13H14N2O5. The van der Waals surface area contributed by atoms with Gasteiger partial charge in [0.05, 0.1) is 26.2 Å². The maximum absolute atomic E-state index is 11.4. The molecule has 20 heavy (non-hydrogen) atoms. The van der Waals surface area contributed by atoms with Gasteiger partial charge in [-0.25, -0.2) is 4.79 Å². The van der Waals surface area contributed by atoms with Gasteiger partial charge in [0.1, 0.15) is 0 Å². The minimum absolute atomic E-state index is 0.0956. The predicted octanol–water partition coefficient (Wildman–Crippen LogP) is -0.225. The Morgan fingerprint density at radius 1 is 1.05 bits per heavy atom. The SMILES string of the molecule is O=C(CCOCCN1C(=O)C=CC1=O)On1cccc1. The van der Waals surface area contributed by atoms with Gasteiger partial charge in [-0.15, -0.1) is 0 Å². The number of carbonyl (C=O) groups is 3. The summed E-state index contributed by atoms with van der Waals surface area (Å²) >= 11 is 0. The van der Waals surface area contributed by atoms with E-state index < -0.39 is 5.97 Å². The number of aromatic nitrogens is 1. The Hall–Kier alpha value is -2.41. The summed E-state index contributed by atoms with van der Waals surface area (Å²) in [7, 11) is 0. The molecule has 2 rings (SSSR count). The normalized spacial score (nSPS) is 14.1. The van der Waals surface area contributed by atoms with Gasteiger partial charge in [-0.3, -0.25) is 14.5 Å². The van der Waals surface area contributed by atoms with Gasteiger partial charge in [0.2, 0.25) is 0 Å². The van der Waals surface area contributed by atoms with Crippen LogP contribution in [-0.2, 0) is 19.1 Å². The monoisotopic (exact) mass is 278 g/mol. The highest BCUT2D eigenvalue weighted by Gasteiger charge is 2.22. The summed E-state index contributed by atoms with van der Waals surface area (Å²) in [5.41, 5.74) is 0. The second kappa shape index (κ2) is 6.67. The van der Waals surface area contributed by atoms with Gasteiger partial charge >= 0.3 is 5.97 Å². The van der Waals surface area contributed by atoms with Crippen molar-refractivity contribution < 1.29 is 24.0 Å². The average molecular weight is 278 g/mol. The molecule has 1 aromatic heterocycles. The molecule has 0 N–H and O–H groups in total. The first-order valence-corrected chi connectivity index (χ1v) is 6.12. The van der Waals surface area contributed by atoms with E-state index in [1.54, 1.807) is 24.5 Å². The van der Waals surface area contributed by atoms with Crippen LogP contribution >= 0.6 is 0 Å². The van der Waals surface area contributed by atoms with Crippen molar-refractivity contribution in [1.82, 2.24) is 9.63 Å². The number of hydrogen-bond donors (Lipinski definition) is 0. The molecule has 0 aliphatic carbocycles. The number of ether oxygens (including phenoxy) is 1. The largest absolute Gasteiger partial charge is 0.379 e. The molecule has 2 amide bonds. The molecule has 2 heterocycles. The van der Waals surface area contributed by atoms with Crippen LogP contribution in [0.5, 0.6) is 0 Å². The summed E-state index contributed by atoms with van der Waals surface area (Å²) in [6.07, 6.45) is 5.75. The summed E-state index contributed by atoms with van der Waals surface area (Å²) in [4.78, 5) is 39.8. The van der Waals surface area contributed by atoms with Gasteiger partial charge in [-0.05, 0) is 12.1 Å². The summed E-state index contributed by atoms with van der Waals surface area (Å²) in [5, 5.41) is 0. The number of nitrogens with zero attached hydrogens (tertiary/aromatic N) is 2. The lowest BCUT2D eigenvalue weighted by atomic mass is 10.4. The zero-order chi connectivity index (χ0) is 14.4. The minimum Gasteiger partial charge on any atom is -0.379 e. The van der Waals surface area contributed by atoms with Crippen molar-refractivity contribution in [2.24, 2.45) is 0 Å². The fraction of sp³-hybridized carbons (Fsp3) is 0.308. The number of rotatable bonds is 7. The van der Waals surface area contributed by atoms with E-state index in [2.05, 4.69) is 0 Å². The van der Waals surface area contributed by atoms with Gasteiger partial charge in [0, 0.05) is 24.5 Å². The van der Waals surface area contributed by atoms with Crippen LogP contribution < -0.4 is 4.84 Å². The highest BCUT2D eigenvalue weighted by Crippen LogP contribution is 2.02. The van der Waals surface area contributed by atoms with Crippen molar-refractivity contribution in [1.29, 1.82) is 0 Å². The Kier molecular flexibility index (Phi) is 4.67. The second-order valence-electron chi connectivity index (χ2n) is 4.03. The quantitative estimate of drug-likeness (QED) is 0.509. The number of amides is 2. The molecule has 0 fully saturated rings. The molecule has 1 aliphatic rings. The van der Waals surface area contributed by atoms with Crippen molar-refractivity contribution >= 4 is 17.8 Å². The molecule has 106 valence electrons. The number of imide groups is 1. The molecule has 0 aromatic carbocycles. The van der Waals surface area contributed by atoms with Gasteiger partial charge < -0.3 is 9.57 Å². The van der Waals surface area contributed by atoms with Crippen molar-refractivity contribution in [3.8, 4) is 0 Å². The summed E-state index contributed by atoms with van der Waals surface area (Å²) in [6, 6.07) is 3.48. The third-order valence-corrected chi connectivity index (χ3v) is 2.59. The lowest BCUT2D eigenvalue weighted by molar-refractivity contribution is -0.146. The molecular weight excluding hydrogens is 264 g/mol. The molecule has 1 aromatic rings. The first-order valence-electron chi connectivity index (χ1n) is 6.12. The van der Waals surface area contributed by atoms with Gasteiger partial charge in [0.25, 0.3) is 11.8 Å². The van der Waals surface area contributed by atoms with E-state index in [9.17, 15) is 14.4 Å². The highest BCUT2D eigenvalue weighted by molar-refractivity contribution is 6.12. The molecule has 0 saturated carbocycles. The molecule has 0 saturated heterocycles. The Balaban J connectivity index is 1.56. The van der Waals surface area contributed by atoms with Crippen LogP contribution in [0.4, 0.5) is 0 Å². The Morgan fingerprint density at radius 3 is 2.35 bits per heavy atom. The standard InChI is InChI=1S/C13H14N2O5/c16-11-3-4-12(17)15(11)8-10-19-9-5-13(18)20-14-6-1-2-7-14/h1-4,6-7H,5,8-10H2. The topological polar surface area (TPSA) is 77.8 Å². The maximum atomic E-state index is 11.4. The van der Waals surface area contributed by atoms with E-state index in [-0.39, 0.29) is 38.0 Å². The van der Waals surface area contributed by atoms with E-state index in [1.807, 2.05) is 0 Å². The molecule has 0 bridgehead atoms. The van der Waals surface area contributed by atoms with E-state index in [0.717, 1.165) is 4.90 Å². The fourth-order valence-electron chi connectivity index (χ4n) is 1.61. The van der Waals surface area contributed by atoms with Crippen molar-refractivity contribution in [3.05, 3.63) is 36.7 Å². The second-order valence-corrected chi connectivity index (χ2v) is 4.03. The van der Waals surface area contributed by atoms with Crippen LogP contribution in [0.15, 0.2) is 36.7 Å². The Bertz CT molecular complexity index is 503. The minimum atomic E-state index is -0.420. The molecule has 1 aliphatic heterocycles. The molecule has 0 unspecified atom stereocenters. The van der Waals surface area contributed by atoms with Gasteiger partial charge in [0.15, 0.2) is 0 Å². The van der Waals surface area contributed by atoms with E-state index in [1.165, 1.54) is 16.9 Å². The van der Waals surface area contributed by atoms with Crippen molar-refractivity contribution in [2.45, 2.75) is 6.42 Å². The van der Waals surface area contributed by atoms with Crippen molar-refractivity contribution in [3.63, 3.8) is 0 Å². The van der Waals surface area contributed by atoms with Gasteiger partial charge in [-0.1, -0.05) is 0 Å². The average Bonchev–Trinajstić information content (AvgIpc) is 3.02. The molecule has 0 spiro atoms. The van der Waals surface area contributed by atoms with E-state index in [4.69, 9.17) is 9.57 Å². The molecule has 0 atom stereocenters. The van der Waals surface area contributed by atoms with Crippen LogP contribution in [0.2, 0.25) is 0 Å². The maximum Gasteiger partial charge on any atom is 0.335 e. The smallest absolute Gasteiger partial charge is 0.335 e. The third kappa shape index (κ3) is 3.79. The zero-order valence-electron chi connectivity index (χ0n) is 10.7. The van der Waals surface area contributed by atoms with Crippen LogP contribution in [0.25, 0.3) is 0 Å². The fourth-order valence-corrected chi connectivity index (χ4v) is 1.61. The first kappa shape index (κ1) is 14.0. The lowest BCUT2D eigenvalue weighted by Gasteiger charge is -2.13. The van der Waals surface area contributed by atoms with Crippen LogP contribution in [-0.4, -0.2) is 47.2 Å². The molecule has 0 radical (unpaired) electrons. The summed E-state index contributed by atoms with van der Waals surface area (Å²) in [6.45, 7) is 0.539. The third-order valence-electron chi connectivity index (χ3n) is 2.59. The predicted molar refractivity (Wildman–Crippen MR) is 67.3 cm³/mol. The zero-order valence-corrected chi connectivity index (χ0v) is 10.7. The Morgan fingerprint density at radius 2 is 1.70 bits per heavy atom. The number of carbonyl (C=O) groups excluding carboxylic acids is 3. The van der Waals surface area contributed by atoms with E-state index in [0.29, 0.717) is 0 Å². The van der Waals surface area contributed by atoms with E-state index >= 15 is 0 Å². The summed E-state index contributed by atoms with van der Waals surface area (Å²) in [5.74, 6) is -1.10. The van der Waals surface area contributed by atoms with Gasteiger partial charge in [-0.2, -0.15) is 4.73 Å². The lowest BCUT2D eigenvalue weighted by Crippen LogP contribution is -2.33. The first-order chi connectivity index (χ1) is 9.66. The Labute approximate surface area is 115 Å². The van der Waals surface area contributed by atoms with Crippen LogP contribution in [0.3, 0.4) is 0 Å². The number of hydrogen-bond acceptors (Lipinski definition) is 5. The summed E-state index contributed by atoms with van der Waals surface area (Å²) < 4.78 is 6.50. The van der Waals surface area contributed by atoms with Crippen molar-refractivity contribution in [2.75, 3.05) is 19.8 Å². The highest BCUT2D eigenvalue weighted by atomic mass is 16.7.